The lowest BCUT2D eigenvalue weighted by atomic mass is 9.86. The number of hydrogen-bond acceptors (Lipinski definition) is 1. The summed E-state index contributed by atoms with van der Waals surface area (Å²) in [7, 11) is 2.18. The van der Waals surface area contributed by atoms with Crippen molar-refractivity contribution < 1.29 is 9.64 Å². The first kappa shape index (κ1) is 8.02. The molecule has 1 unspecified atom stereocenters. The highest BCUT2D eigenvalue weighted by atomic mass is 16.5. The van der Waals surface area contributed by atoms with Gasteiger partial charge in [0.1, 0.15) is 11.1 Å². The van der Waals surface area contributed by atoms with Crippen LogP contribution in [0.15, 0.2) is 0 Å². The van der Waals surface area contributed by atoms with E-state index in [1.807, 2.05) is 0 Å². The van der Waals surface area contributed by atoms with Crippen LogP contribution in [0.25, 0.3) is 0 Å². The molecule has 0 aliphatic carbocycles. The van der Waals surface area contributed by atoms with Gasteiger partial charge in [-0.3, -0.25) is 0 Å². The lowest BCUT2D eigenvalue weighted by molar-refractivity contribution is -0.924. The highest BCUT2D eigenvalue weighted by Crippen LogP contribution is 2.25. The first-order chi connectivity index (χ1) is 4.38. The molecule has 1 aliphatic rings. The maximum absolute atomic E-state index is 5.63. The predicted molar refractivity (Wildman–Crippen MR) is 41.0 cm³/mol. The average molecular weight is 144 g/mol. The van der Waals surface area contributed by atoms with Crippen molar-refractivity contribution in [2.75, 3.05) is 13.8 Å². The topological polar surface area (TPSA) is 13.7 Å². The third-order valence-corrected chi connectivity index (χ3v) is 3.22. The second-order valence-electron chi connectivity index (χ2n) is 4.20. The van der Waals surface area contributed by atoms with Crippen LogP contribution in [0.3, 0.4) is 0 Å². The molecule has 0 radical (unpaired) electrons. The molecule has 0 saturated carbocycles. The number of nitrogens with one attached hydrogen (secondary N) is 1. The highest BCUT2D eigenvalue weighted by molar-refractivity contribution is 4.89. The Kier molecular flexibility index (Phi) is 1.57. The van der Waals surface area contributed by atoms with E-state index >= 15 is 0 Å². The molecule has 1 heterocycles. The quantitative estimate of drug-likeness (QED) is 0.507. The van der Waals surface area contributed by atoms with Crippen molar-refractivity contribution in [3.05, 3.63) is 0 Å². The largest absolute Gasteiger partial charge is 0.319 e. The fourth-order valence-electron chi connectivity index (χ4n) is 1.16. The van der Waals surface area contributed by atoms with Crippen LogP contribution in [-0.4, -0.2) is 24.9 Å². The lowest BCUT2D eigenvalue weighted by Gasteiger charge is -2.32. The molecule has 0 aromatic rings. The number of ether oxygens (including phenoxy) is 1. The van der Waals surface area contributed by atoms with Gasteiger partial charge in [-0.25, -0.2) is 0 Å². The van der Waals surface area contributed by atoms with Gasteiger partial charge in [0.15, 0.2) is 6.73 Å². The van der Waals surface area contributed by atoms with Crippen LogP contribution in [0.4, 0.5) is 0 Å². The maximum atomic E-state index is 5.63. The van der Waals surface area contributed by atoms with Gasteiger partial charge in [0.05, 0.1) is 7.05 Å². The van der Waals surface area contributed by atoms with Gasteiger partial charge in [-0.1, -0.05) is 0 Å². The van der Waals surface area contributed by atoms with E-state index in [4.69, 9.17) is 4.74 Å². The van der Waals surface area contributed by atoms with Gasteiger partial charge in [0, 0.05) is 0 Å². The molecular formula is C8H18NO+. The fourth-order valence-corrected chi connectivity index (χ4v) is 1.16. The number of likely N-dealkylation sites (N-methyl/N-ethyl adjacent to an activating group) is 1. The maximum Gasteiger partial charge on any atom is 0.182 e. The third-order valence-electron chi connectivity index (χ3n) is 3.22. The van der Waals surface area contributed by atoms with Crippen molar-refractivity contribution in [3.63, 3.8) is 0 Å². The zero-order valence-electron chi connectivity index (χ0n) is 7.62. The van der Waals surface area contributed by atoms with Crippen LogP contribution in [0.5, 0.6) is 0 Å². The van der Waals surface area contributed by atoms with Crippen molar-refractivity contribution in [2.24, 2.45) is 0 Å². The van der Waals surface area contributed by atoms with E-state index in [2.05, 4.69) is 34.7 Å². The van der Waals surface area contributed by atoms with Gasteiger partial charge in [-0.15, -0.1) is 0 Å². The van der Waals surface area contributed by atoms with Gasteiger partial charge in [0.2, 0.25) is 0 Å². The normalized spacial score (nSPS) is 36.3. The van der Waals surface area contributed by atoms with Crippen LogP contribution >= 0.6 is 0 Å². The predicted octanol–water partition coefficient (Wildman–Crippen LogP) is 0.0460. The molecule has 1 atom stereocenters. The average Bonchev–Trinajstić information content (AvgIpc) is 1.94. The van der Waals surface area contributed by atoms with E-state index in [1.54, 1.807) is 0 Å². The first-order valence-electron chi connectivity index (χ1n) is 3.85. The van der Waals surface area contributed by atoms with Crippen LogP contribution in [-0.2, 0) is 4.74 Å². The number of rotatable bonds is 0. The van der Waals surface area contributed by atoms with Crippen LogP contribution < -0.4 is 4.90 Å². The molecule has 0 aromatic heterocycles. The molecule has 1 fully saturated rings. The number of quaternary nitrogens is 1. The highest BCUT2D eigenvalue weighted by Gasteiger charge is 2.50. The SMILES string of the molecule is C[NH+]1COC(C)(C)C1(C)C. The summed E-state index contributed by atoms with van der Waals surface area (Å²) in [6, 6.07) is 0. The zero-order chi connectivity index (χ0) is 7.99. The molecule has 2 heteroatoms. The van der Waals surface area contributed by atoms with Gasteiger partial charge >= 0.3 is 0 Å². The van der Waals surface area contributed by atoms with Gasteiger partial charge < -0.3 is 9.64 Å². The van der Waals surface area contributed by atoms with E-state index in [0.29, 0.717) is 0 Å². The summed E-state index contributed by atoms with van der Waals surface area (Å²) in [5, 5.41) is 0. The monoisotopic (exact) mass is 144 g/mol. The van der Waals surface area contributed by atoms with Crippen LogP contribution in [0.1, 0.15) is 27.7 Å². The van der Waals surface area contributed by atoms with E-state index in [1.165, 1.54) is 4.90 Å². The molecule has 1 aliphatic heterocycles. The van der Waals surface area contributed by atoms with E-state index < -0.39 is 0 Å². The van der Waals surface area contributed by atoms with Gasteiger partial charge in [-0.05, 0) is 27.7 Å². The van der Waals surface area contributed by atoms with Gasteiger partial charge in [-0.2, -0.15) is 0 Å². The number of hydrogen-bond donors (Lipinski definition) is 1. The summed E-state index contributed by atoms with van der Waals surface area (Å²) in [5.74, 6) is 0. The minimum Gasteiger partial charge on any atom is -0.319 e. The molecule has 1 saturated heterocycles. The van der Waals surface area contributed by atoms with E-state index in [0.717, 1.165) is 6.73 Å². The van der Waals surface area contributed by atoms with Gasteiger partial charge in [0.25, 0.3) is 0 Å². The molecular weight excluding hydrogens is 126 g/mol. The van der Waals surface area contributed by atoms with Crippen LogP contribution in [0, 0.1) is 0 Å². The molecule has 0 spiro atoms. The molecule has 60 valence electrons. The Morgan fingerprint density at radius 3 is 1.80 bits per heavy atom. The van der Waals surface area contributed by atoms with Crippen molar-refractivity contribution in [3.8, 4) is 0 Å². The zero-order valence-corrected chi connectivity index (χ0v) is 7.62. The Morgan fingerprint density at radius 2 is 1.70 bits per heavy atom. The molecule has 1 rings (SSSR count). The first-order valence-corrected chi connectivity index (χ1v) is 3.85. The minimum atomic E-state index is 0.0249. The van der Waals surface area contributed by atoms with Crippen LogP contribution in [0.2, 0.25) is 0 Å². The Balaban J connectivity index is 2.84. The minimum absolute atomic E-state index is 0.0249. The molecule has 1 N–H and O–H groups in total. The lowest BCUT2D eigenvalue weighted by Crippen LogP contribution is -3.15. The van der Waals surface area contributed by atoms with Crippen molar-refractivity contribution in [1.82, 2.24) is 0 Å². The van der Waals surface area contributed by atoms with E-state index in [9.17, 15) is 0 Å². The van der Waals surface area contributed by atoms with Crippen molar-refractivity contribution >= 4 is 0 Å². The molecule has 0 bridgehead atoms. The molecule has 2 nitrogen and oxygen atoms in total. The Labute approximate surface area is 63.2 Å². The van der Waals surface area contributed by atoms with E-state index in [-0.39, 0.29) is 11.1 Å². The Hall–Kier alpha value is -0.0800. The summed E-state index contributed by atoms with van der Waals surface area (Å²) >= 11 is 0. The Morgan fingerprint density at radius 1 is 1.20 bits per heavy atom. The summed E-state index contributed by atoms with van der Waals surface area (Å²) in [6.45, 7) is 9.64. The molecule has 0 amide bonds. The van der Waals surface area contributed by atoms with Crippen molar-refractivity contribution in [1.29, 1.82) is 0 Å². The smallest absolute Gasteiger partial charge is 0.182 e. The fraction of sp³-hybridized carbons (Fsp3) is 1.00. The third kappa shape index (κ3) is 0.867. The second-order valence-corrected chi connectivity index (χ2v) is 4.20. The Bertz CT molecular complexity index is 140. The standard InChI is InChI=1S/C8H17NO/c1-7(2)8(3,4)10-6-9(7)5/h6H2,1-5H3/p+1. The molecule has 10 heavy (non-hydrogen) atoms. The summed E-state index contributed by atoms with van der Waals surface area (Å²) in [5.41, 5.74) is 0.268. The second kappa shape index (κ2) is 1.95. The summed E-state index contributed by atoms with van der Waals surface area (Å²) in [4.78, 5) is 1.46. The summed E-state index contributed by atoms with van der Waals surface area (Å²) < 4.78 is 5.63. The molecule has 0 aromatic carbocycles. The van der Waals surface area contributed by atoms with Crippen molar-refractivity contribution in [2.45, 2.75) is 38.8 Å². The summed E-state index contributed by atoms with van der Waals surface area (Å²) in [6.07, 6.45) is 0.